The van der Waals surface area contributed by atoms with E-state index in [0.717, 1.165) is 6.92 Å². The van der Waals surface area contributed by atoms with E-state index in [-0.39, 0.29) is 35.4 Å². The van der Waals surface area contributed by atoms with Crippen LogP contribution in [0.2, 0.25) is 0 Å². The van der Waals surface area contributed by atoms with Gasteiger partial charge in [0.1, 0.15) is 24.3 Å². The van der Waals surface area contributed by atoms with Gasteiger partial charge >= 0.3 is 18.7 Å². The van der Waals surface area contributed by atoms with Crippen LogP contribution in [0.4, 0.5) is 15.1 Å². The van der Waals surface area contributed by atoms with E-state index in [4.69, 9.17) is 24.5 Å². The first kappa shape index (κ1) is 32.8. The number of nitrogen functional groups attached to an aromatic ring is 1. The first-order valence-corrected chi connectivity index (χ1v) is 16.5. The van der Waals surface area contributed by atoms with Crippen LogP contribution >= 0.6 is 18.1 Å². The Kier molecular flexibility index (Phi) is 9.82. The maximum Gasteiger partial charge on any atom is 0.327 e. The van der Waals surface area contributed by atoms with Crippen LogP contribution in [-0.4, -0.2) is 97.6 Å². The molecule has 3 amide bonds. The van der Waals surface area contributed by atoms with Crippen LogP contribution in [0, 0.1) is 0 Å². The normalized spacial score (nSPS) is 27.6. The molecule has 0 saturated carbocycles. The highest BCUT2D eigenvalue weighted by molar-refractivity contribution is 8.56. The fourth-order valence-electron chi connectivity index (χ4n) is 4.32. The molecule has 7 atom stereocenters. The highest BCUT2D eigenvalue weighted by Gasteiger charge is 2.56. The van der Waals surface area contributed by atoms with Gasteiger partial charge in [0.2, 0.25) is 11.8 Å². The van der Waals surface area contributed by atoms with Gasteiger partial charge in [0.05, 0.1) is 25.6 Å². The number of nitrogens with one attached hydrogen (secondary N) is 3. The summed E-state index contributed by atoms with van der Waals surface area (Å²) in [6.45, 7) is 3.10. The number of carbonyl (C=O) groups excluding carboxylic acids is 3. The number of urea groups is 1. The van der Waals surface area contributed by atoms with Gasteiger partial charge in [0, 0.05) is 5.75 Å². The average molecular weight is 649 g/mol. The molecule has 2 aromatic heterocycles. The molecule has 0 spiro atoms. The number of aliphatic hydroxyl groups excluding tert-OH is 1. The summed E-state index contributed by atoms with van der Waals surface area (Å²) in [7, 11) is 0. The van der Waals surface area contributed by atoms with E-state index in [0.29, 0.717) is 11.4 Å². The topological polar surface area (TPSA) is 231 Å². The minimum Gasteiger partial charge on any atom is -0.476 e. The molecule has 43 heavy (non-hydrogen) atoms. The van der Waals surface area contributed by atoms with Crippen molar-refractivity contribution in [2.45, 2.75) is 76.9 Å². The summed E-state index contributed by atoms with van der Waals surface area (Å²) >= 11 is 0.632. The number of ether oxygens (including phenoxy) is 3. The molecule has 2 saturated heterocycles. The second-order valence-electron chi connectivity index (χ2n) is 10.2. The molecule has 2 aliphatic rings. The SMILES string of the molecule is CCOc1nc(N)nc2c1ncn2[C@@H]1O[C@H](CO[P@@](=O)(N[C@@H](C)C(=O)OC(C)C)SC[C@H]2NC(=O)NC2=O)[C@@H](O)[C@@]1(C)F. The highest BCUT2D eigenvalue weighted by Crippen LogP contribution is 2.57. The number of imide groups is 1. The molecule has 2 fully saturated rings. The molecule has 0 unspecified atom stereocenters. The van der Waals surface area contributed by atoms with Gasteiger partial charge in [-0.2, -0.15) is 9.97 Å². The van der Waals surface area contributed by atoms with E-state index >= 15 is 4.39 Å². The number of imidazole rings is 1. The van der Waals surface area contributed by atoms with E-state index in [1.54, 1.807) is 20.8 Å². The molecular weight excluding hydrogens is 614 g/mol. The number of amides is 3. The number of alkyl halides is 1. The molecule has 4 heterocycles. The van der Waals surface area contributed by atoms with E-state index in [9.17, 15) is 24.1 Å². The van der Waals surface area contributed by atoms with Gasteiger partial charge in [-0.3, -0.25) is 24.0 Å². The third kappa shape index (κ3) is 7.18. The number of halogens is 1. The van der Waals surface area contributed by atoms with Crippen LogP contribution in [0.25, 0.3) is 11.2 Å². The number of aliphatic hydroxyl groups is 1. The number of anilines is 1. The molecule has 2 aromatic rings. The van der Waals surface area contributed by atoms with Crippen molar-refractivity contribution in [1.29, 1.82) is 0 Å². The van der Waals surface area contributed by atoms with E-state index in [1.165, 1.54) is 17.8 Å². The zero-order chi connectivity index (χ0) is 31.7. The maximum absolute atomic E-state index is 16.0. The van der Waals surface area contributed by atoms with Crippen molar-refractivity contribution >= 4 is 53.1 Å². The van der Waals surface area contributed by atoms with Crippen LogP contribution < -0.4 is 26.2 Å². The number of nitrogens with two attached hydrogens (primary N) is 1. The largest absolute Gasteiger partial charge is 0.476 e. The highest BCUT2D eigenvalue weighted by atomic mass is 32.7. The molecule has 17 nitrogen and oxygen atoms in total. The van der Waals surface area contributed by atoms with Crippen molar-refractivity contribution in [3.05, 3.63) is 6.33 Å². The van der Waals surface area contributed by atoms with Crippen molar-refractivity contribution < 1.29 is 47.2 Å². The number of hydrogen-bond acceptors (Lipinski definition) is 14. The molecule has 0 aromatic carbocycles. The second-order valence-corrected chi connectivity index (χ2v) is 14.5. The lowest BCUT2D eigenvalue weighted by Crippen LogP contribution is -2.41. The average Bonchev–Trinajstić information content (AvgIpc) is 3.54. The van der Waals surface area contributed by atoms with Gasteiger partial charge in [-0.05, 0) is 34.6 Å². The van der Waals surface area contributed by atoms with Gasteiger partial charge in [0.25, 0.3) is 5.91 Å². The van der Waals surface area contributed by atoms with Crippen molar-refractivity contribution in [3.8, 4) is 5.88 Å². The number of carbonyl (C=O) groups is 3. The van der Waals surface area contributed by atoms with Gasteiger partial charge < -0.3 is 34.9 Å². The number of esters is 1. The van der Waals surface area contributed by atoms with Crippen molar-refractivity contribution in [1.82, 2.24) is 35.2 Å². The Labute approximate surface area is 249 Å². The van der Waals surface area contributed by atoms with Crippen molar-refractivity contribution in [3.63, 3.8) is 0 Å². The lowest BCUT2D eigenvalue weighted by atomic mass is 9.98. The van der Waals surface area contributed by atoms with Gasteiger partial charge in [0.15, 0.2) is 23.1 Å². The minimum absolute atomic E-state index is 0.0871. The van der Waals surface area contributed by atoms with E-state index in [1.807, 2.05) is 0 Å². The first-order valence-electron chi connectivity index (χ1n) is 13.3. The number of nitrogens with zero attached hydrogens (tertiary/aromatic N) is 4. The lowest BCUT2D eigenvalue weighted by molar-refractivity contribution is -0.149. The van der Waals surface area contributed by atoms with Gasteiger partial charge in [-0.15, -0.1) is 0 Å². The summed E-state index contributed by atoms with van der Waals surface area (Å²) in [5.74, 6) is -1.62. The summed E-state index contributed by atoms with van der Waals surface area (Å²) in [4.78, 5) is 48.2. The van der Waals surface area contributed by atoms with E-state index in [2.05, 4.69) is 30.7 Å². The predicted molar refractivity (Wildman–Crippen MR) is 151 cm³/mol. The molecule has 4 rings (SSSR count). The van der Waals surface area contributed by atoms with Crippen molar-refractivity contribution in [2.75, 3.05) is 24.7 Å². The molecular formula is C23H34FN8O9PS. The zero-order valence-electron chi connectivity index (χ0n) is 24.0. The Morgan fingerprint density at radius 3 is 2.72 bits per heavy atom. The second kappa shape index (κ2) is 12.9. The van der Waals surface area contributed by atoms with Crippen LogP contribution in [0.3, 0.4) is 0 Å². The van der Waals surface area contributed by atoms with Crippen LogP contribution in [0.15, 0.2) is 6.33 Å². The van der Waals surface area contributed by atoms with Crippen LogP contribution in [-0.2, 0) is 28.2 Å². The third-order valence-corrected chi connectivity index (χ3v) is 10.5. The zero-order valence-corrected chi connectivity index (χ0v) is 25.7. The number of rotatable bonds is 13. The fraction of sp³-hybridized carbons (Fsp3) is 0.652. The quantitative estimate of drug-likeness (QED) is 0.115. The minimum atomic E-state index is -4.08. The summed E-state index contributed by atoms with van der Waals surface area (Å²) in [5.41, 5.74) is 3.68. The number of fused-ring (bicyclic) bond motifs is 1. The lowest BCUT2D eigenvalue weighted by Gasteiger charge is -2.25. The molecule has 0 bridgehead atoms. The Hall–Kier alpha value is -3.09. The van der Waals surface area contributed by atoms with Gasteiger partial charge in [-0.25, -0.2) is 19.3 Å². The van der Waals surface area contributed by atoms with Crippen LogP contribution in [0.5, 0.6) is 5.88 Å². The monoisotopic (exact) mass is 648 g/mol. The molecule has 20 heteroatoms. The summed E-state index contributed by atoms with van der Waals surface area (Å²) < 4.78 is 53.3. The Bertz CT molecular complexity index is 1430. The van der Waals surface area contributed by atoms with Crippen LogP contribution in [0.1, 0.15) is 40.8 Å². The molecule has 0 radical (unpaired) electrons. The van der Waals surface area contributed by atoms with E-state index < -0.39 is 73.5 Å². The Balaban J connectivity index is 1.53. The Morgan fingerprint density at radius 1 is 1.37 bits per heavy atom. The molecule has 6 N–H and O–H groups in total. The summed E-state index contributed by atoms with van der Waals surface area (Å²) in [6.07, 6.45) is -3.81. The molecule has 0 aliphatic carbocycles. The maximum atomic E-state index is 16.0. The summed E-state index contributed by atoms with van der Waals surface area (Å²) in [6, 6.07) is -2.86. The number of hydrogen-bond donors (Lipinski definition) is 5. The molecule has 238 valence electrons. The van der Waals surface area contributed by atoms with Crippen molar-refractivity contribution in [2.24, 2.45) is 0 Å². The molecule has 2 aliphatic heterocycles. The standard InChI is InChI=1S/C23H34FN8O9PS/c1-6-38-18-14-16(28-21(25)30-18)32(9-26-14)20-23(5,24)15(33)13(41-20)7-39-42(37,31-11(4)19(35)40-10(2)3)43-8-12-17(34)29-22(36)27-12/h9-13,15,20,33H,6-8H2,1-5H3,(H,31,37)(H2,25,28,30)(H2,27,29,34,36)/t11-,12+,13+,15+,20+,23+,42-/m0/s1. The van der Waals surface area contributed by atoms with Gasteiger partial charge in [-0.1, -0.05) is 11.4 Å². The predicted octanol–water partition coefficient (Wildman–Crippen LogP) is 0.789. The smallest absolute Gasteiger partial charge is 0.327 e. The number of aromatic nitrogens is 4. The first-order chi connectivity index (χ1) is 20.1. The third-order valence-electron chi connectivity index (χ3n) is 6.39. The fourth-order valence-corrected chi connectivity index (χ4v) is 8.19. The Morgan fingerprint density at radius 2 is 2.09 bits per heavy atom. The summed E-state index contributed by atoms with van der Waals surface area (Å²) in [5, 5.41) is 17.9.